The fraction of sp³-hybridized carbons (Fsp3) is 0.130. The molecule has 0 saturated heterocycles. The molecule has 30 heavy (non-hydrogen) atoms. The van der Waals surface area contributed by atoms with Crippen LogP contribution in [0.4, 0.5) is 11.5 Å². The topological polar surface area (TPSA) is 72.2 Å². The minimum atomic E-state index is 0.0361. The minimum Gasteiger partial charge on any atom is -0.455 e. The van der Waals surface area contributed by atoms with E-state index >= 15 is 0 Å². The Morgan fingerprint density at radius 1 is 1.13 bits per heavy atom. The highest BCUT2D eigenvalue weighted by Crippen LogP contribution is 2.37. The molecule has 0 aliphatic heterocycles. The van der Waals surface area contributed by atoms with Crippen molar-refractivity contribution in [1.29, 1.82) is 0 Å². The van der Waals surface area contributed by atoms with Crippen LogP contribution in [0.15, 0.2) is 61.1 Å². The van der Waals surface area contributed by atoms with Gasteiger partial charge in [-0.1, -0.05) is 35.9 Å². The van der Waals surface area contributed by atoms with E-state index < -0.39 is 0 Å². The molecule has 7 heteroatoms. The smallest absolute Gasteiger partial charge is 0.158 e. The molecule has 2 N–H and O–H groups in total. The molecular weight excluding hydrogens is 400 g/mol. The van der Waals surface area contributed by atoms with E-state index in [1.807, 2.05) is 47.2 Å². The van der Waals surface area contributed by atoms with Gasteiger partial charge in [0.2, 0.25) is 0 Å². The van der Waals surface area contributed by atoms with Crippen molar-refractivity contribution in [2.75, 3.05) is 11.9 Å². The van der Waals surface area contributed by atoms with Crippen LogP contribution in [0.1, 0.15) is 11.1 Å². The standard InChI is InChI=1S/C23H19ClN4O2/c24-18-13-16(27-23-22-19(25-14-26-23)9-10-28(22)11-12-29)7-8-21(18)30-20-6-2-4-15-3-1-5-17(15)20/h1-2,4-10,13-14,29H,3,11-12H2,(H,25,26,27). The van der Waals surface area contributed by atoms with Crippen molar-refractivity contribution in [2.45, 2.75) is 13.0 Å². The highest BCUT2D eigenvalue weighted by Gasteiger charge is 2.14. The lowest BCUT2D eigenvalue weighted by atomic mass is 10.1. The number of benzene rings is 2. The molecule has 1 aliphatic carbocycles. The molecule has 0 bridgehead atoms. The second-order valence-electron chi connectivity index (χ2n) is 7.00. The number of rotatable bonds is 6. The first-order chi connectivity index (χ1) is 14.7. The van der Waals surface area contributed by atoms with Gasteiger partial charge in [-0.25, -0.2) is 9.97 Å². The monoisotopic (exact) mass is 418 g/mol. The highest BCUT2D eigenvalue weighted by molar-refractivity contribution is 6.32. The van der Waals surface area contributed by atoms with Gasteiger partial charge in [-0.2, -0.15) is 0 Å². The number of fused-ring (bicyclic) bond motifs is 2. The van der Waals surface area contributed by atoms with Gasteiger partial charge in [0.15, 0.2) is 5.82 Å². The van der Waals surface area contributed by atoms with E-state index in [2.05, 4.69) is 33.5 Å². The van der Waals surface area contributed by atoms with Crippen LogP contribution in [0.5, 0.6) is 11.5 Å². The maximum Gasteiger partial charge on any atom is 0.158 e. The number of aliphatic hydroxyl groups excluding tert-OH is 1. The van der Waals surface area contributed by atoms with Gasteiger partial charge in [0.05, 0.1) is 17.1 Å². The molecule has 6 nitrogen and oxygen atoms in total. The zero-order valence-corrected chi connectivity index (χ0v) is 16.8. The van der Waals surface area contributed by atoms with Crippen LogP contribution >= 0.6 is 11.6 Å². The molecule has 0 spiro atoms. The summed E-state index contributed by atoms with van der Waals surface area (Å²) in [6, 6.07) is 13.5. The molecule has 0 fully saturated rings. The Balaban J connectivity index is 1.42. The molecular formula is C23H19ClN4O2. The summed E-state index contributed by atoms with van der Waals surface area (Å²) in [6.45, 7) is 0.503. The number of aromatic nitrogens is 3. The fourth-order valence-electron chi connectivity index (χ4n) is 3.68. The van der Waals surface area contributed by atoms with E-state index in [-0.39, 0.29) is 6.61 Å². The van der Waals surface area contributed by atoms with Gasteiger partial charge in [0.1, 0.15) is 23.3 Å². The maximum absolute atomic E-state index is 9.31. The first-order valence-electron chi connectivity index (χ1n) is 9.66. The van der Waals surface area contributed by atoms with Crippen molar-refractivity contribution in [3.05, 3.63) is 77.2 Å². The molecule has 1 aliphatic rings. The van der Waals surface area contributed by atoms with Gasteiger partial charge in [-0.05, 0) is 42.3 Å². The van der Waals surface area contributed by atoms with Gasteiger partial charge < -0.3 is 19.7 Å². The summed E-state index contributed by atoms with van der Waals surface area (Å²) in [6.07, 6.45) is 8.53. The van der Waals surface area contributed by atoms with Crippen molar-refractivity contribution in [1.82, 2.24) is 14.5 Å². The number of allylic oxidation sites excluding steroid dienone is 1. The average Bonchev–Trinajstić information content (AvgIpc) is 3.39. The van der Waals surface area contributed by atoms with E-state index in [1.165, 1.54) is 11.9 Å². The van der Waals surface area contributed by atoms with E-state index in [9.17, 15) is 5.11 Å². The Bertz CT molecular complexity index is 1270. The van der Waals surface area contributed by atoms with Gasteiger partial charge in [-0.3, -0.25) is 0 Å². The summed E-state index contributed by atoms with van der Waals surface area (Å²) < 4.78 is 8.01. The zero-order valence-electron chi connectivity index (χ0n) is 16.0. The lowest BCUT2D eigenvalue weighted by Gasteiger charge is -2.13. The van der Waals surface area contributed by atoms with Crippen molar-refractivity contribution in [3.8, 4) is 11.5 Å². The summed E-state index contributed by atoms with van der Waals surface area (Å²) in [5, 5.41) is 13.1. The number of hydrogen-bond acceptors (Lipinski definition) is 5. The normalized spacial score (nSPS) is 12.3. The Labute approximate surface area is 178 Å². The van der Waals surface area contributed by atoms with E-state index in [1.54, 1.807) is 0 Å². The van der Waals surface area contributed by atoms with Crippen molar-refractivity contribution in [2.24, 2.45) is 0 Å². The second kappa shape index (κ2) is 7.82. The minimum absolute atomic E-state index is 0.0361. The third kappa shape index (κ3) is 3.40. The van der Waals surface area contributed by atoms with E-state index in [0.29, 0.717) is 23.1 Å². The van der Waals surface area contributed by atoms with E-state index in [0.717, 1.165) is 34.5 Å². The molecule has 0 radical (unpaired) electrons. The SMILES string of the molecule is OCCn1ccc2ncnc(Nc3ccc(Oc4cccc5c4C=CC5)c(Cl)c3)c21. The summed E-state index contributed by atoms with van der Waals surface area (Å²) in [5.41, 5.74) is 4.76. The molecule has 4 aromatic rings. The number of aliphatic hydroxyl groups is 1. The van der Waals surface area contributed by atoms with Crippen LogP contribution in [0.25, 0.3) is 17.1 Å². The zero-order chi connectivity index (χ0) is 20.5. The van der Waals surface area contributed by atoms with Crippen molar-refractivity contribution >= 4 is 40.2 Å². The summed E-state index contributed by atoms with van der Waals surface area (Å²) >= 11 is 6.52. The molecule has 0 atom stereocenters. The van der Waals surface area contributed by atoms with Crippen molar-refractivity contribution < 1.29 is 9.84 Å². The van der Waals surface area contributed by atoms with Gasteiger partial charge >= 0.3 is 0 Å². The van der Waals surface area contributed by atoms with Gasteiger partial charge in [-0.15, -0.1) is 0 Å². The average molecular weight is 419 g/mol. The molecule has 0 unspecified atom stereocenters. The van der Waals surface area contributed by atoms with Crippen LogP contribution in [-0.4, -0.2) is 26.2 Å². The van der Waals surface area contributed by atoms with Crippen LogP contribution in [0.3, 0.4) is 0 Å². The van der Waals surface area contributed by atoms with E-state index in [4.69, 9.17) is 16.3 Å². The molecule has 2 heterocycles. The largest absolute Gasteiger partial charge is 0.455 e. The highest BCUT2D eigenvalue weighted by atomic mass is 35.5. The van der Waals surface area contributed by atoms with Crippen LogP contribution in [0.2, 0.25) is 5.02 Å². The van der Waals surface area contributed by atoms with Gasteiger partial charge in [0.25, 0.3) is 0 Å². The number of hydrogen-bond donors (Lipinski definition) is 2. The molecule has 0 saturated carbocycles. The van der Waals surface area contributed by atoms with Crippen molar-refractivity contribution in [3.63, 3.8) is 0 Å². The quantitative estimate of drug-likeness (QED) is 0.451. The molecule has 150 valence electrons. The van der Waals surface area contributed by atoms with Gasteiger partial charge in [0, 0.05) is 24.0 Å². The summed E-state index contributed by atoms with van der Waals surface area (Å²) in [7, 11) is 0. The third-order valence-electron chi connectivity index (χ3n) is 5.08. The fourth-order valence-corrected chi connectivity index (χ4v) is 3.90. The Morgan fingerprint density at radius 3 is 2.93 bits per heavy atom. The first-order valence-corrected chi connectivity index (χ1v) is 10.0. The predicted octanol–water partition coefficient (Wildman–Crippen LogP) is 5.18. The first kappa shape index (κ1) is 18.7. The number of nitrogens with zero attached hydrogens (tertiary/aromatic N) is 3. The second-order valence-corrected chi connectivity index (χ2v) is 7.40. The Morgan fingerprint density at radius 2 is 2.07 bits per heavy atom. The predicted molar refractivity (Wildman–Crippen MR) is 119 cm³/mol. The summed E-state index contributed by atoms with van der Waals surface area (Å²) in [5.74, 6) is 2.03. The van der Waals surface area contributed by atoms with Crippen LogP contribution < -0.4 is 10.1 Å². The summed E-state index contributed by atoms with van der Waals surface area (Å²) in [4.78, 5) is 8.66. The molecule has 2 aromatic carbocycles. The Kier molecular flexibility index (Phi) is 4.86. The lowest BCUT2D eigenvalue weighted by Crippen LogP contribution is -2.04. The number of halogens is 1. The molecule has 2 aromatic heterocycles. The number of nitrogens with one attached hydrogen (secondary N) is 1. The van der Waals surface area contributed by atoms with Crippen LogP contribution in [-0.2, 0) is 13.0 Å². The third-order valence-corrected chi connectivity index (χ3v) is 5.38. The Hall–Kier alpha value is -3.35. The number of ether oxygens (including phenoxy) is 1. The lowest BCUT2D eigenvalue weighted by molar-refractivity contribution is 0.278. The number of anilines is 2. The maximum atomic E-state index is 9.31. The molecule has 5 rings (SSSR count). The molecule has 0 amide bonds. The van der Waals surface area contributed by atoms with Crippen LogP contribution in [0, 0.1) is 0 Å².